The normalized spacial score (nSPS) is 31.4. The van der Waals surface area contributed by atoms with E-state index in [1.165, 1.54) is 26.7 Å². The van der Waals surface area contributed by atoms with Crippen molar-refractivity contribution in [1.29, 1.82) is 0 Å². The Morgan fingerprint density at radius 3 is 1.57 bits per heavy atom. The molecular weight excluding hydrogens is 312 g/mol. The van der Waals surface area contributed by atoms with E-state index in [1.54, 1.807) is 0 Å². The van der Waals surface area contributed by atoms with E-state index >= 15 is 0 Å². The summed E-state index contributed by atoms with van der Waals surface area (Å²) in [5.41, 5.74) is 0. The van der Waals surface area contributed by atoms with Gasteiger partial charge in [0.1, 0.15) is 12.2 Å². The third-order valence-electron chi connectivity index (χ3n) is 4.98. The van der Waals surface area contributed by atoms with E-state index in [0.29, 0.717) is 11.8 Å². The SMILES string of the molecule is CC(=O)OC1CCCCC1CSCC1CCCCC1OC(C)=O. The fraction of sp³-hybridized carbons (Fsp3) is 0.889. The average molecular weight is 343 g/mol. The summed E-state index contributed by atoms with van der Waals surface area (Å²) in [5, 5.41) is 0. The molecule has 0 bridgehead atoms. The van der Waals surface area contributed by atoms with Crippen LogP contribution >= 0.6 is 11.8 Å². The van der Waals surface area contributed by atoms with Crippen molar-refractivity contribution in [1.82, 2.24) is 0 Å². The summed E-state index contributed by atoms with van der Waals surface area (Å²) in [6.45, 7) is 3.01. The van der Waals surface area contributed by atoms with Gasteiger partial charge in [0.25, 0.3) is 0 Å². The summed E-state index contributed by atoms with van der Waals surface area (Å²) in [7, 11) is 0. The summed E-state index contributed by atoms with van der Waals surface area (Å²) in [4.78, 5) is 22.5. The molecular formula is C18H30O4S. The molecule has 0 radical (unpaired) electrons. The molecule has 0 saturated heterocycles. The number of thioether (sulfide) groups is 1. The van der Waals surface area contributed by atoms with Crippen LogP contribution in [0.4, 0.5) is 0 Å². The van der Waals surface area contributed by atoms with Crippen LogP contribution in [0.25, 0.3) is 0 Å². The molecule has 0 spiro atoms. The van der Waals surface area contributed by atoms with Crippen molar-refractivity contribution >= 4 is 23.7 Å². The van der Waals surface area contributed by atoms with Crippen molar-refractivity contribution in [3.63, 3.8) is 0 Å². The highest BCUT2D eigenvalue weighted by atomic mass is 32.2. The van der Waals surface area contributed by atoms with Crippen LogP contribution in [0, 0.1) is 11.8 Å². The van der Waals surface area contributed by atoms with Crippen molar-refractivity contribution < 1.29 is 19.1 Å². The lowest BCUT2D eigenvalue weighted by Gasteiger charge is -2.33. The molecule has 2 rings (SSSR count). The Morgan fingerprint density at radius 2 is 1.17 bits per heavy atom. The molecule has 4 atom stereocenters. The van der Waals surface area contributed by atoms with Crippen LogP contribution in [0.3, 0.4) is 0 Å². The van der Waals surface area contributed by atoms with Crippen LogP contribution in [-0.4, -0.2) is 35.7 Å². The number of esters is 2. The molecule has 0 aromatic rings. The van der Waals surface area contributed by atoms with Crippen molar-refractivity contribution in [2.45, 2.75) is 77.4 Å². The maximum absolute atomic E-state index is 11.2. The molecule has 0 aromatic heterocycles. The summed E-state index contributed by atoms with van der Waals surface area (Å²) < 4.78 is 11.0. The van der Waals surface area contributed by atoms with Crippen LogP contribution in [0.5, 0.6) is 0 Å². The van der Waals surface area contributed by atoms with E-state index in [0.717, 1.165) is 50.0 Å². The largest absolute Gasteiger partial charge is 0.462 e. The van der Waals surface area contributed by atoms with Gasteiger partial charge in [0.05, 0.1) is 0 Å². The zero-order valence-corrected chi connectivity index (χ0v) is 15.2. The van der Waals surface area contributed by atoms with Gasteiger partial charge in [-0.05, 0) is 50.0 Å². The third kappa shape index (κ3) is 6.36. The van der Waals surface area contributed by atoms with E-state index in [1.807, 2.05) is 11.8 Å². The molecule has 0 aromatic carbocycles. The van der Waals surface area contributed by atoms with Crippen molar-refractivity contribution in [2.24, 2.45) is 11.8 Å². The van der Waals surface area contributed by atoms with Gasteiger partial charge in [-0.3, -0.25) is 9.59 Å². The summed E-state index contributed by atoms with van der Waals surface area (Å²) >= 11 is 1.95. The van der Waals surface area contributed by atoms with Crippen LogP contribution in [0.1, 0.15) is 65.2 Å². The van der Waals surface area contributed by atoms with Crippen LogP contribution in [0.2, 0.25) is 0 Å². The molecule has 0 amide bonds. The highest BCUT2D eigenvalue weighted by Gasteiger charge is 2.30. The summed E-state index contributed by atoms with van der Waals surface area (Å²) in [5.74, 6) is 2.73. The fourth-order valence-corrected chi connectivity index (χ4v) is 5.34. The lowest BCUT2D eigenvalue weighted by atomic mass is 9.87. The van der Waals surface area contributed by atoms with Crippen molar-refractivity contribution in [2.75, 3.05) is 11.5 Å². The lowest BCUT2D eigenvalue weighted by molar-refractivity contribution is -0.151. The summed E-state index contributed by atoms with van der Waals surface area (Å²) in [6, 6.07) is 0. The average Bonchev–Trinajstić information content (AvgIpc) is 2.49. The maximum Gasteiger partial charge on any atom is 0.302 e. The Balaban J connectivity index is 1.77. The fourth-order valence-electron chi connectivity index (χ4n) is 3.84. The molecule has 23 heavy (non-hydrogen) atoms. The molecule has 2 saturated carbocycles. The first-order chi connectivity index (χ1) is 11.1. The van der Waals surface area contributed by atoms with Gasteiger partial charge in [-0.15, -0.1) is 0 Å². The smallest absolute Gasteiger partial charge is 0.302 e. The quantitative estimate of drug-likeness (QED) is 0.684. The molecule has 4 nitrogen and oxygen atoms in total. The molecule has 5 heteroatoms. The number of carbonyl (C=O) groups is 2. The van der Waals surface area contributed by atoms with Gasteiger partial charge >= 0.3 is 11.9 Å². The van der Waals surface area contributed by atoms with Crippen LogP contribution < -0.4 is 0 Å². The molecule has 4 unspecified atom stereocenters. The molecule has 2 aliphatic rings. The van der Waals surface area contributed by atoms with Gasteiger partial charge in [0, 0.05) is 25.7 Å². The second-order valence-corrected chi connectivity index (χ2v) is 8.00. The predicted octanol–water partition coefficient (Wildman–Crippen LogP) is 3.96. The Morgan fingerprint density at radius 1 is 0.783 bits per heavy atom. The second kappa shape index (κ2) is 9.55. The summed E-state index contributed by atoms with van der Waals surface area (Å²) in [6.07, 6.45) is 9.33. The first kappa shape index (κ1) is 18.6. The molecule has 2 aliphatic carbocycles. The highest BCUT2D eigenvalue weighted by Crippen LogP contribution is 2.33. The third-order valence-corrected chi connectivity index (χ3v) is 6.30. The Labute approximate surface area is 144 Å². The Bertz CT molecular complexity index is 362. The van der Waals surface area contributed by atoms with Crippen molar-refractivity contribution in [3.8, 4) is 0 Å². The van der Waals surface area contributed by atoms with Gasteiger partial charge in [-0.1, -0.05) is 12.8 Å². The van der Waals surface area contributed by atoms with Crippen LogP contribution in [0.15, 0.2) is 0 Å². The van der Waals surface area contributed by atoms with E-state index in [-0.39, 0.29) is 24.1 Å². The predicted molar refractivity (Wildman–Crippen MR) is 92.3 cm³/mol. The minimum Gasteiger partial charge on any atom is -0.462 e. The Kier molecular flexibility index (Phi) is 7.74. The van der Waals surface area contributed by atoms with Gasteiger partial charge < -0.3 is 9.47 Å². The van der Waals surface area contributed by atoms with E-state index in [2.05, 4.69) is 0 Å². The molecule has 0 aliphatic heterocycles. The van der Waals surface area contributed by atoms with Gasteiger partial charge in [0.2, 0.25) is 0 Å². The monoisotopic (exact) mass is 342 g/mol. The number of hydrogen-bond acceptors (Lipinski definition) is 5. The lowest BCUT2D eigenvalue weighted by Crippen LogP contribution is -2.33. The first-order valence-corrected chi connectivity index (χ1v) is 10.1. The molecule has 2 fully saturated rings. The standard InChI is InChI=1S/C18H30O4S/c1-13(19)21-17-9-5-3-7-15(17)11-23-12-16-8-4-6-10-18(16)22-14(2)20/h15-18H,3-12H2,1-2H3. The zero-order chi connectivity index (χ0) is 16.7. The maximum atomic E-state index is 11.2. The van der Waals surface area contributed by atoms with Gasteiger partial charge in [-0.25, -0.2) is 0 Å². The topological polar surface area (TPSA) is 52.6 Å². The van der Waals surface area contributed by atoms with Gasteiger partial charge in [0.15, 0.2) is 0 Å². The number of ether oxygens (including phenoxy) is 2. The van der Waals surface area contributed by atoms with E-state index in [4.69, 9.17) is 9.47 Å². The van der Waals surface area contributed by atoms with Crippen LogP contribution in [-0.2, 0) is 19.1 Å². The van der Waals surface area contributed by atoms with E-state index < -0.39 is 0 Å². The molecule has 0 N–H and O–H groups in total. The number of hydrogen-bond donors (Lipinski definition) is 0. The highest BCUT2D eigenvalue weighted by molar-refractivity contribution is 7.99. The zero-order valence-electron chi connectivity index (χ0n) is 14.4. The molecule has 0 heterocycles. The van der Waals surface area contributed by atoms with Crippen molar-refractivity contribution in [3.05, 3.63) is 0 Å². The molecule has 132 valence electrons. The van der Waals surface area contributed by atoms with Gasteiger partial charge in [-0.2, -0.15) is 11.8 Å². The second-order valence-electron chi connectivity index (χ2n) is 6.92. The first-order valence-electron chi connectivity index (χ1n) is 8.98. The number of rotatable bonds is 6. The van der Waals surface area contributed by atoms with E-state index in [9.17, 15) is 9.59 Å². The minimum absolute atomic E-state index is 0.101. The Hall–Kier alpha value is -0.710. The minimum atomic E-state index is -0.158. The number of carbonyl (C=O) groups excluding carboxylic acids is 2.